The lowest BCUT2D eigenvalue weighted by atomic mass is 10.1. The summed E-state index contributed by atoms with van der Waals surface area (Å²) in [4.78, 5) is 36.1. The molecule has 0 atom stereocenters. The van der Waals surface area contributed by atoms with Crippen molar-refractivity contribution in [1.82, 2.24) is 5.43 Å². The van der Waals surface area contributed by atoms with Gasteiger partial charge in [-0.05, 0) is 75.6 Å². The van der Waals surface area contributed by atoms with Gasteiger partial charge in [-0.2, -0.15) is 10.4 Å². The number of anilines is 1. The summed E-state index contributed by atoms with van der Waals surface area (Å²) in [5, 5.41) is 14.9. The highest BCUT2D eigenvalue weighted by Gasteiger charge is 2.13. The number of carbonyl (C=O) groups is 3. The molecule has 0 aliphatic rings. The van der Waals surface area contributed by atoms with Crippen LogP contribution in [0.1, 0.15) is 21.5 Å². The largest absolute Gasteiger partial charge is 0.423 e. The molecule has 8 nitrogen and oxygen atoms in total. The number of hydrogen-bond donors (Lipinski definition) is 2. The van der Waals surface area contributed by atoms with Gasteiger partial charge in [-0.3, -0.25) is 9.59 Å². The maximum atomic E-state index is 12.2. The number of amides is 2. The van der Waals surface area contributed by atoms with Crippen molar-refractivity contribution in [3.05, 3.63) is 94.0 Å². The van der Waals surface area contributed by atoms with Gasteiger partial charge in [-0.1, -0.05) is 24.3 Å². The molecule has 2 amide bonds. The smallest absolute Gasteiger partial charge is 0.344 e. The number of nitrogens with one attached hydrogen (secondary N) is 2. The molecule has 33 heavy (non-hydrogen) atoms. The van der Waals surface area contributed by atoms with Crippen LogP contribution in [0.2, 0.25) is 0 Å². The van der Waals surface area contributed by atoms with E-state index in [9.17, 15) is 14.4 Å². The summed E-state index contributed by atoms with van der Waals surface area (Å²) in [5.41, 5.74) is 4.39. The van der Waals surface area contributed by atoms with Crippen LogP contribution in [0.3, 0.4) is 0 Å². The monoisotopic (exact) mass is 504 g/mol. The van der Waals surface area contributed by atoms with Crippen LogP contribution in [0.15, 0.2) is 82.4 Å². The first kappa shape index (κ1) is 23.4. The quantitative estimate of drug-likeness (QED) is 0.174. The fourth-order valence-corrected chi connectivity index (χ4v) is 3.06. The van der Waals surface area contributed by atoms with E-state index in [2.05, 4.69) is 31.8 Å². The average Bonchev–Trinajstić information content (AvgIpc) is 2.81. The highest BCUT2D eigenvalue weighted by Crippen LogP contribution is 2.19. The van der Waals surface area contributed by atoms with Crippen molar-refractivity contribution in [3.63, 3.8) is 0 Å². The summed E-state index contributed by atoms with van der Waals surface area (Å²) in [6.45, 7) is 0. The van der Waals surface area contributed by atoms with Crippen LogP contribution in [0.4, 0.5) is 5.69 Å². The zero-order valence-corrected chi connectivity index (χ0v) is 18.7. The number of nitriles is 1. The first-order valence-electron chi connectivity index (χ1n) is 9.63. The summed E-state index contributed by atoms with van der Waals surface area (Å²) in [6.07, 6.45) is 1.61. The first-order valence-corrected chi connectivity index (χ1v) is 10.4. The SMILES string of the molecule is N#CCc1ccc(NC(=O)C(=O)N/N=C/c2ccc(OC(=O)c3ccccc3Br)cc2)cc1. The molecule has 3 aromatic rings. The molecule has 0 aliphatic carbocycles. The maximum absolute atomic E-state index is 12.2. The van der Waals surface area contributed by atoms with Crippen LogP contribution >= 0.6 is 15.9 Å². The van der Waals surface area contributed by atoms with E-state index in [-0.39, 0.29) is 6.42 Å². The summed E-state index contributed by atoms with van der Waals surface area (Å²) >= 11 is 3.31. The predicted molar refractivity (Wildman–Crippen MR) is 126 cm³/mol. The van der Waals surface area contributed by atoms with Gasteiger partial charge in [0.15, 0.2) is 0 Å². The van der Waals surface area contributed by atoms with Crippen LogP contribution in [0.25, 0.3) is 0 Å². The minimum absolute atomic E-state index is 0.262. The molecule has 3 rings (SSSR count). The van der Waals surface area contributed by atoms with E-state index in [1.807, 2.05) is 6.07 Å². The van der Waals surface area contributed by atoms with Crippen molar-refractivity contribution >= 4 is 45.6 Å². The third-order valence-corrected chi connectivity index (χ3v) is 4.96. The second-order valence-corrected chi connectivity index (χ2v) is 7.48. The summed E-state index contributed by atoms with van der Waals surface area (Å²) in [5.74, 6) is -1.97. The molecule has 0 unspecified atom stereocenters. The second-order valence-electron chi connectivity index (χ2n) is 6.62. The lowest BCUT2D eigenvalue weighted by Gasteiger charge is -2.06. The Bertz CT molecular complexity index is 1230. The summed E-state index contributed by atoms with van der Waals surface area (Å²) in [7, 11) is 0. The molecule has 0 heterocycles. The van der Waals surface area contributed by atoms with Gasteiger partial charge in [0.05, 0.1) is 24.3 Å². The Morgan fingerprint density at radius 1 is 0.970 bits per heavy atom. The van der Waals surface area contributed by atoms with Crippen molar-refractivity contribution in [1.29, 1.82) is 5.26 Å². The normalized spacial score (nSPS) is 10.3. The number of nitrogens with zero attached hydrogens (tertiary/aromatic N) is 2. The van der Waals surface area contributed by atoms with Gasteiger partial charge >= 0.3 is 17.8 Å². The lowest BCUT2D eigenvalue weighted by molar-refractivity contribution is -0.136. The number of benzene rings is 3. The predicted octanol–water partition coefficient (Wildman–Crippen LogP) is 3.82. The molecule has 0 aliphatic heterocycles. The van der Waals surface area contributed by atoms with Gasteiger partial charge in [-0.25, -0.2) is 10.2 Å². The van der Waals surface area contributed by atoms with Crippen molar-refractivity contribution in [2.24, 2.45) is 5.10 Å². The number of hydrogen-bond acceptors (Lipinski definition) is 6. The van der Waals surface area contributed by atoms with Crippen molar-refractivity contribution in [2.75, 3.05) is 5.32 Å². The molecular formula is C24H17BrN4O4. The number of esters is 1. The highest BCUT2D eigenvalue weighted by atomic mass is 79.9. The van der Waals surface area contributed by atoms with E-state index < -0.39 is 17.8 Å². The minimum atomic E-state index is -0.939. The molecular weight excluding hydrogens is 488 g/mol. The Kier molecular flexibility index (Phi) is 8.05. The number of hydrazone groups is 1. The number of halogens is 1. The van der Waals surface area contributed by atoms with Crippen molar-refractivity contribution in [3.8, 4) is 11.8 Å². The number of ether oxygens (including phenoxy) is 1. The van der Waals surface area contributed by atoms with Crippen molar-refractivity contribution in [2.45, 2.75) is 6.42 Å². The Balaban J connectivity index is 1.50. The molecule has 9 heteroatoms. The Labute approximate surface area is 198 Å². The fourth-order valence-electron chi connectivity index (χ4n) is 2.61. The Hall–Kier alpha value is -4.29. The van der Waals surface area contributed by atoms with E-state index >= 15 is 0 Å². The lowest BCUT2D eigenvalue weighted by Crippen LogP contribution is -2.32. The molecule has 0 fully saturated rings. The van der Waals surface area contributed by atoms with E-state index in [4.69, 9.17) is 10.00 Å². The topological polar surface area (TPSA) is 121 Å². The zero-order chi connectivity index (χ0) is 23.6. The number of carbonyl (C=O) groups excluding carboxylic acids is 3. The Morgan fingerprint density at radius 3 is 2.33 bits per heavy atom. The third kappa shape index (κ3) is 6.85. The van der Waals surface area contributed by atoms with Crippen LogP contribution in [0, 0.1) is 11.3 Å². The standard InChI is InChI=1S/C24H17BrN4O4/c25-21-4-2-1-3-20(21)24(32)33-19-11-7-17(8-12-19)15-27-29-23(31)22(30)28-18-9-5-16(6-10-18)13-14-26/h1-12,15H,13H2,(H,28,30)(H,29,31)/b27-15+. The van der Waals surface area contributed by atoms with E-state index in [0.717, 1.165) is 5.56 Å². The molecule has 0 radical (unpaired) electrons. The molecule has 0 bridgehead atoms. The van der Waals surface area contributed by atoms with Crippen LogP contribution in [-0.2, 0) is 16.0 Å². The summed E-state index contributed by atoms with van der Waals surface area (Å²) in [6, 6.07) is 22.0. The fraction of sp³-hybridized carbons (Fsp3) is 0.0417. The summed E-state index contributed by atoms with van der Waals surface area (Å²) < 4.78 is 5.97. The molecule has 164 valence electrons. The van der Waals surface area contributed by atoms with Crippen LogP contribution in [-0.4, -0.2) is 24.0 Å². The molecule has 0 saturated heterocycles. The van der Waals surface area contributed by atoms with E-state index in [1.54, 1.807) is 72.8 Å². The van der Waals surface area contributed by atoms with Crippen LogP contribution < -0.4 is 15.5 Å². The Morgan fingerprint density at radius 2 is 1.67 bits per heavy atom. The van der Waals surface area contributed by atoms with Gasteiger partial charge < -0.3 is 10.1 Å². The van der Waals surface area contributed by atoms with E-state index in [0.29, 0.717) is 27.0 Å². The average molecular weight is 505 g/mol. The molecule has 0 spiro atoms. The van der Waals surface area contributed by atoms with Crippen molar-refractivity contribution < 1.29 is 19.1 Å². The minimum Gasteiger partial charge on any atom is -0.423 e. The van der Waals surface area contributed by atoms with Gasteiger partial charge in [0.1, 0.15) is 5.75 Å². The number of rotatable bonds is 6. The second kappa shape index (κ2) is 11.4. The molecule has 0 aromatic heterocycles. The van der Waals surface area contributed by atoms with Gasteiger partial charge in [0.25, 0.3) is 0 Å². The van der Waals surface area contributed by atoms with Gasteiger partial charge in [0, 0.05) is 10.2 Å². The van der Waals surface area contributed by atoms with Gasteiger partial charge in [0.2, 0.25) is 0 Å². The highest BCUT2D eigenvalue weighted by molar-refractivity contribution is 9.10. The molecule has 2 N–H and O–H groups in total. The third-order valence-electron chi connectivity index (χ3n) is 4.27. The molecule has 3 aromatic carbocycles. The van der Waals surface area contributed by atoms with E-state index in [1.165, 1.54) is 6.21 Å². The molecule has 0 saturated carbocycles. The first-order chi connectivity index (χ1) is 16.0. The van der Waals surface area contributed by atoms with Crippen LogP contribution in [0.5, 0.6) is 5.75 Å². The zero-order valence-electron chi connectivity index (χ0n) is 17.1. The van der Waals surface area contributed by atoms with Gasteiger partial charge in [-0.15, -0.1) is 0 Å². The maximum Gasteiger partial charge on any atom is 0.344 e.